The Bertz CT molecular complexity index is 915. The van der Waals surface area contributed by atoms with Gasteiger partial charge in [0, 0.05) is 24.4 Å². The third-order valence-electron chi connectivity index (χ3n) is 4.47. The molecule has 0 radical (unpaired) electrons. The molecule has 158 valence electrons. The molecule has 0 bridgehead atoms. The van der Waals surface area contributed by atoms with E-state index in [1.54, 1.807) is 36.2 Å². The average molecular weight is 411 g/mol. The topological polar surface area (TPSA) is 89.1 Å². The second kappa shape index (κ2) is 10.3. The summed E-state index contributed by atoms with van der Waals surface area (Å²) in [5.74, 6) is 1.50. The van der Waals surface area contributed by atoms with Crippen LogP contribution in [0.4, 0.5) is 5.69 Å². The second-order valence-corrected chi connectivity index (χ2v) is 6.50. The van der Waals surface area contributed by atoms with Gasteiger partial charge in [-0.15, -0.1) is 0 Å². The van der Waals surface area contributed by atoms with E-state index in [9.17, 15) is 9.59 Å². The lowest BCUT2D eigenvalue weighted by Gasteiger charge is -2.24. The smallest absolute Gasteiger partial charge is 0.241 e. The maximum atomic E-state index is 13.0. The summed E-state index contributed by atoms with van der Waals surface area (Å²) < 4.78 is 16.6. The fraction of sp³-hybridized carbons (Fsp3) is 0.273. The van der Waals surface area contributed by atoms with Crippen LogP contribution in [-0.4, -0.2) is 45.4 Å². The molecule has 0 spiro atoms. The minimum Gasteiger partial charge on any atom is -0.489 e. The van der Waals surface area contributed by atoms with Crippen LogP contribution in [-0.2, 0) is 16.1 Å². The first-order chi connectivity index (χ1) is 14.6. The zero-order chi connectivity index (χ0) is 21.3. The highest BCUT2D eigenvalue weighted by Gasteiger charge is 2.21. The summed E-state index contributed by atoms with van der Waals surface area (Å²) in [4.78, 5) is 26.1. The molecule has 8 nitrogen and oxygen atoms in total. The van der Waals surface area contributed by atoms with Crippen molar-refractivity contribution in [3.05, 3.63) is 60.7 Å². The lowest BCUT2D eigenvalue weighted by molar-refractivity contribution is -0.120. The quantitative estimate of drug-likeness (QED) is 0.580. The molecule has 3 rings (SSSR count). The van der Waals surface area contributed by atoms with Crippen LogP contribution < -0.4 is 29.7 Å². The minimum absolute atomic E-state index is 0.00244. The molecule has 2 amide bonds. The normalized spacial score (nSPS) is 11.6. The summed E-state index contributed by atoms with van der Waals surface area (Å²) in [7, 11) is 1.55. The number of para-hydroxylation sites is 1. The fourth-order valence-electron chi connectivity index (χ4n) is 2.94. The Morgan fingerprint density at radius 3 is 2.77 bits per heavy atom. The van der Waals surface area contributed by atoms with E-state index in [-0.39, 0.29) is 38.2 Å². The Morgan fingerprint density at radius 1 is 1.17 bits per heavy atom. The second-order valence-electron chi connectivity index (χ2n) is 6.50. The maximum absolute atomic E-state index is 13.0. The lowest BCUT2D eigenvalue weighted by Crippen LogP contribution is -2.41. The highest BCUT2D eigenvalue weighted by atomic mass is 16.7. The molecule has 8 heteroatoms. The summed E-state index contributed by atoms with van der Waals surface area (Å²) in [6.45, 7) is 4.52. The van der Waals surface area contributed by atoms with Gasteiger partial charge in [-0.05, 0) is 18.2 Å². The van der Waals surface area contributed by atoms with E-state index in [0.717, 1.165) is 5.56 Å². The van der Waals surface area contributed by atoms with Gasteiger partial charge in [-0.1, -0.05) is 30.9 Å². The molecule has 0 unspecified atom stereocenters. The van der Waals surface area contributed by atoms with Crippen molar-refractivity contribution < 1.29 is 23.8 Å². The Balaban J connectivity index is 1.83. The summed E-state index contributed by atoms with van der Waals surface area (Å²) in [6.07, 6.45) is 1.67. The van der Waals surface area contributed by atoms with Gasteiger partial charge in [-0.25, -0.2) is 0 Å². The van der Waals surface area contributed by atoms with Gasteiger partial charge in [0.1, 0.15) is 12.4 Å². The molecule has 1 heterocycles. The molecule has 30 heavy (non-hydrogen) atoms. The van der Waals surface area contributed by atoms with Crippen LogP contribution in [0.25, 0.3) is 0 Å². The van der Waals surface area contributed by atoms with Crippen molar-refractivity contribution in [2.24, 2.45) is 0 Å². The molecule has 2 N–H and O–H groups in total. The van der Waals surface area contributed by atoms with Gasteiger partial charge in [0.25, 0.3) is 0 Å². The zero-order valence-electron chi connectivity index (χ0n) is 16.8. The van der Waals surface area contributed by atoms with Gasteiger partial charge in [0.15, 0.2) is 11.5 Å². The predicted octanol–water partition coefficient (Wildman–Crippen LogP) is 1.85. The van der Waals surface area contributed by atoms with E-state index in [1.165, 1.54) is 0 Å². The third-order valence-corrected chi connectivity index (χ3v) is 4.47. The molecular formula is C22H25N3O5. The van der Waals surface area contributed by atoms with E-state index in [2.05, 4.69) is 17.2 Å². The standard InChI is InChI=1S/C22H25N3O5/c1-3-10-28-18-7-5-4-6-16(18)14-25(22(27)13-24-12-21(26)23-2)17-8-9-19-20(11-17)30-15-29-19/h3-9,11,24H,1,10,12-15H2,2H3,(H,23,26). The van der Waals surface area contributed by atoms with Crippen LogP contribution in [0.1, 0.15) is 5.56 Å². The number of nitrogens with zero attached hydrogens (tertiary/aromatic N) is 1. The number of anilines is 1. The number of nitrogens with one attached hydrogen (secondary N) is 2. The highest BCUT2D eigenvalue weighted by Crippen LogP contribution is 2.36. The Hall–Kier alpha value is -3.52. The monoisotopic (exact) mass is 411 g/mol. The van der Waals surface area contributed by atoms with Crippen LogP contribution in [0.3, 0.4) is 0 Å². The molecule has 2 aromatic rings. The molecule has 0 fully saturated rings. The lowest BCUT2D eigenvalue weighted by atomic mass is 10.1. The van der Waals surface area contributed by atoms with Crippen LogP contribution in [0, 0.1) is 0 Å². The number of rotatable bonds is 10. The van der Waals surface area contributed by atoms with Crippen molar-refractivity contribution in [2.45, 2.75) is 6.54 Å². The highest BCUT2D eigenvalue weighted by molar-refractivity contribution is 5.95. The number of likely N-dealkylation sites (N-methyl/N-ethyl adjacent to an activating group) is 1. The van der Waals surface area contributed by atoms with Gasteiger partial charge in [0.05, 0.1) is 19.6 Å². The van der Waals surface area contributed by atoms with E-state index >= 15 is 0 Å². The van der Waals surface area contributed by atoms with Gasteiger partial charge >= 0.3 is 0 Å². The van der Waals surface area contributed by atoms with Crippen molar-refractivity contribution in [1.29, 1.82) is 0 Å². The van der Waals surface area contributed by atoms with Crippen LogP contribution in [0.2, 0.25) is 0 Å². The molecule has 1 aliphatic rings. The van der Waals surface area contributed by atoms with Gasteiger partial charge in [-0.2, -0.15) is 0 Å². The molecule has 1 aliphatic heterocycles. The van der Waals surface area contributed by atoms with Crippen LogP contribution in [0.5, 0.6) is 17.2 Å². The average Bonchev–Trinajstić information content (AvgIpc) is 3.24. The van der Waals surface area contributed by atoms with E-state index in [0.29, 0.717) is 29.5 Å². The number of benzene rings is 2. The van der Waals surface area contributed by atoms with Crippen molar-refractivity contribution >= 4 is 17.5 Å². The fourth-order valence-corrected chi connectivity index (χ4v) is 2.94. The summed E-state index contributed by atoms with van der Waals surface area (Å²) in [6, 6.07) is 12.9. The Labute approximate surface area is 175 Å². The van der Waals surface area contributed by atoms with Gasteiger partial charge in [0.2, 0.25) is 18.6 Å². The first kappa shape index (κ1) is 21.2. The number of fused-ring (bicyclic) bond motifs is 1. The van der Waals surface area contributed by atoms with Crippen LogP contribution >= 0.6 is 0 Å². The van der Waals surface area contributed by atoms with Crippen molar-refractivity contribution in [1.82, 2.24) is 10.6 Å². The number of carbonyl (C=O) groups excluding carboxylic acids is 2. The molecular weight excluding hydrogens is 386 g/mol. The van der Waals surface area contributed by atoms with E-state index in [4.69, 9.17) is 14.2 Å². The predicted molar refractivity (Wildman–Crippen MR) is 113 cm³/mol. The largest absolute Gasteiger partial charge is 0.489 e. The number of ether oxygens (including phenoxy) is 3. The first-order valence-electron chi connectivity index (χ1n) is 9.55. The third kappa shape index (κ3) is 5.30. The summed E-state index contributed by atoms with van der Waals surface area (Å²) in [5.41, 5.74) is 1.50. The van der Waals surface area contributed by atoms with E-state index < -0.39 is 0 Å². The Morgan fingerprint density at radius 2 is 1.97 bits per heavy atom. The number of amides is 2. The van der Waals surface area contributed by atoms with Crippen LogP contribution in [0.15, 0.2) is 55.1 Å². The molecule has 0 saturated heterocycles. The maximum Gasteiger partial charge on any atom is 0.241 e. The molecule has 0 saturated carbocycles. The van der Waals surface area contributed by atoms with Crippen molar-refractivity contribution in [2.75, 3.05) is 38.4 Å². The zero-order valence-corrected chi connectivity index (χ0v) is 16.8. The number of carbonyl (C=O) groups is 2. The first-order valence-corrected chi connectivity index (χ1v) is 9.55. The molecule has 2 aromatic carbocycles. The van der Waals surface area contributed by atoms with Gasteiger partial charge < -0.3 is 24.4 Å². The summed E-state index contributed by atoms with van der Waals surface area (Å²) in [5, 5.41) is 5.38. The van der Waals surface area contributed by atoms with E-state index in [1.807, 2.05) is 24.3 Å². The molecule has 0 atom stereocenters. The Kier molecular flexibility index (Phi) is 7.29. The SMILES string of the molecule is C=CCOc1ccccc1CN(C(=O)CNCC(=O)NC)c1ccc2c(c1)OCO2. The van der Waals surface area contributed by atoms with Gasteiger partial charge in [-0.3, -0.25) is 14.9 Å². The van der Waals surface area contributed by atoms with Crippen molar-refractivity contribution in [3.8, 4) is 17.2 Å². The number of hydrogen-bond acceptors (Lipinski definition) is 6. The summed E-state index contributed by atoms with van der Waals surface area (Å²) >= 11 is 0. The molecule has 0 aliphatic carbocycles. The number of hydrogen-bond donors (Lipinski definition) is 2. The minimum atomic E-state index is -0.198. The van der Waals surface area contributed by atoms with Crippen molar-refractivity contribution in [3.63, 3.8) is 0 Å². The molecule has 0 aromatic heterocycles.